The predicted octanol–water partition coefficient (Wildman–Crippen LogP) is 2.25. The van der Waals surface area contributed by atoms with Crippen molar-refractivity contribution in [3.63, 3.8) is 0 Å². The van der Waals surface area contributed by atoms with Gasteiger partial charge in [0.2, 0.25) is 5.91 Å². The van der Waals surface area contributed by atoms with E-state index in [1.165, 1.54) is 11.1 Å². The first-order valence-electron chi connectivity index (χ1n) is 12.6. The molecule has 0 aliphatic carbocycles. The van der Waals surface area contributed by atoms with Crippen molar-refractivity contribution in [3.8, 4) is 6.07 Å². The van der Waals surface area contributed by atoms with E-state index in [1.807, 2.05) is 6.07 Å². The molecule has 2 aliphatic rings. The molecule has 4 rings (SSSR count). The Kier molecular flexibility index (Phi) is 9.18. The van der Waals surface area contributed by atoms with E-state index in [1.54, 1.807) is 13.2 Å². The molecule has 12 nitrogen and oxygen atoms in total. The van der Waals surface area contributed by atoms with Crippen molar-refractivity contribution in [2.24, 2.45) is 5.92 Å². The molecule has 4 heterocycles. The second kappa shape index (κ2) is 12.9. The van der Waals surface area contributed by atoms with Crippen molar-refractivity contribution in [2.75, 3.05) is 55.6 Å². The van der Waals surface area contributed by atoms with Crippen LogP contribution in [-0.4, -0.2) is 68.2 Å². The lowest BCUT2D eigenvalue weighted by Crippen LogP contribution is -2.40. The van der Waals surface area contributed by atoms with E-state index in [9.17, 15) is 19.6 Å². The quantitative estimate of drug-likeness (QED) is 0.315. The minimum atomic E-state index is -0.449. The summed E-state index contributed by atoms with van der Waals surface area (Å²) < 4.78 is 10.4. The number of nitrogens with one attached hydrogen (secondary N) is 3. The number of hydrogen-bond acceptors (Lipinski definition) is 9. The van der Waals surface area contributed by atoms with E-state index in [-0.39, 0.29) is 29.9 Å². The molecule has 0 bridgehead atoms. The van der Waals surface area contributed by atoms with Gasteiger partial charge in [0.05, 0.1) is 17.9 Å². The summed E-state index contributed by atoms with van der Waals surface area (Å²) in [6.07, 6.45) is 4.68. The zero-order valence-electron chi connectivity index (χ0n) is 21.3. The van der Waals surface area contributed by atoms with Crippen LogP contribution in [0.1, 0.15) is 46.4 Å². The lowest BCUT2D eigenvalue weighted by Gasteiger charge is -2.29. The van der Waals surface area contributed by atoms with Gasteiger partial charge in [-0.1, -0.05) is 0 Å². The minimum Gasteiger partial charge on any atom is -0.383 e. The van der Waals surface area contributed by atoms with Gasteiger partial charge >= 0.3 is 6.03 Å². The van der Waals surface area contributed by atoms with Gasteiger partial charge in [-0.2, -0.15) is 5.26 Å². The zero-order valence-corrected chi connectivity index (χ0v) is 21.3. The van der Waals surface area contributed by atoms with Crippen LogP contribution in [0.3, 0.4) is 0 Å². The fourth-order valence-electron chi connectivity index (χ4n) is 4.50. The van der Waals surface area contributed by atoms with E-state index in [0.717, 1.165) is 12.0 Å². The first-order valence-corrected chi connectivity index (χ1v) is 12.6. The number of rotatable bonds is 10. The lowest BCUT2D eigenvalue weighted by molar-refractivity contribution is -0.122. The van der Waals surface area contributed by atoms with Gasteiger partial charge in [-0.05, 0) is 36.8 Å². The number of ether oxygens (including phenoxy) is 2. The van der Waals surface area contributed by atoms with E-state index in [2.05, 4.69) is 32.0 Å². The second-order valence-electron chi connectivity index (χ2n) is 9.18. The summed E-state index contributed by atoms with van der Waals surface area (Å²) in [5.74, 6) is 0.795. The minimum absolute atomic E-state index is 0.0953. The van der Waals surface area contributed by atoms with Gasteiger partial charge in [0.1, 0.15) is 23.4 Å². The number of amides is 3. The number of carbonyl (C=O) groups excluding carboxylic acids is 3. The monoisotopic (exact) mass is 521 g/mol. The molecule has 0 aromatic carbocycles. The summed E-state index contributed by atoms with van der Waals surface area (Å²) in [4.78, 5) is 47.5. The van der Waals surface area contributed by atoms with E-state index >= 15 is 0 Å². The molecule has 1 fully saturated rings. The maximum Gasteiger partial charge on any atom is 0.328 e. The number of hydrogen-bond donors (Lipinski definition) is 3. The third kappa shape index (κ3) is 6.62. The van der Waals surface area contributed by atoms with Crippen LogP contribution in [0.25, 0.3) is 0 Å². The molecular formula is C26H31N7O5. The third-order valence-corrected chi connectivity index (χ3v) is 6.49. The average Bonchev–Trinajstić information content (AvgIpc) is 3.44. The summed E-state index contributed by atoms with van der Waals surface area (Å²) in [5, 5.41) is 18.1. The molecule has 2 aromatic heterocycles. The van der Waals surface area contributed by atoms with E-state index in [0.29, 0.717) is 81.1 Å². The van der Waals surface area contributed by atoms with Crippen molar-refractivity contribution in [1.82, 2.24) is 15.3 Å². The normalized spacial score (nSPS) is 16.3. The molecule has 3 N–H and O–H groups in total. The van der Waals surface area contributed by atoms with E-state index in [4.69, 9.17) is 9.47 Å². The van der Waals surface area contributed by atoms with Crippen molar-refractivity contribution in [1.29, 1.82) is 5.26 Å². The Morgan fingerprint density at radius 1 is 1.37 bits per heavy atom. The van der Waals surface area contributed by atoms with Crippen molar-refractivity contribution < 1.29 is 23.9 Å². The van der Waals surface area contributed by atoms with Crippen LogP contribution in [0.15, 0.2) is 18.3 Å². The van der Waals surface area contributed by atoms with Gasteiger partial charge in [-0.25, -0.2) is 14.8 Å². The highest BCUT2D eigenvalue weighted by molar-refractivity contribution is 6.01. The molecule has 0 spiro atoms. The fourth-order valence-corrected chi connectivity index (χ4v) is 4.50. The summed E-state index contributed by atoms with van der Waals surface area (Å²) in [6.45, 7) is 2.80. The third-order valence-electron chi connectivity index (χ3n) is 6.49. The van der Waals surface area contributed by atoms with Crippen molar-refractivity contribution in [2.45, 2.75) is 32.2 Å². The Balaban J connectivity index is 1.46. The van der Waals surface area contributed by atoms with Crippen LogP contribution in [0, 0.1) is 17.2 Å². The molecule has 2 aromatic rings. The van der Waals surface area contributed by atoms with Crippen LogP contribution in [0.2, 0.25) is 0 Å². The molecule has 3 amide bonds. The van der Waals surface area contributed by atoms with Gasteiger partial charge in [0.25, 0.3) is 0 Å². The Bertz CT molecular complexity index is 1220. The Hall–Kier alpha value is -4.08. The van der Waals surface area contributed by atoms with Crippen LogP contribution in [-0.2, 0) is 27.2 Å². The number of carbonyl (C=O) groups is 3. The molecule has 1 saturated heterocycles. The molecule has 1 atom stereocenters. The first kappa shape index (κ1) is 27.0. The number of fused-ring (bicyclic) bond motifs is 1. The molecular weight excluding hydrogens is 490 g/mol. The van der Waals surface area contributed by atoms with Crippen LogP contribution < -0.4 is 20.9 Å². The molecule has 200 valence electrons. The largest absolute Gasteiger partial charge is 0.383 e. The number of aldehydes is 1. The first-order chi connectivity index (χ1) is 18.5. The van der Waals surface area contributed by atoms with Crippen LogP contribution in [0.5, 0.6) is 0 Å². The highest BCUT2D eigenvalue weighted by Crippen LogP contribution is 2.28. The molecule has 0 radical (unpaired) electrons. The molecule has 0 unspecified atom stereocenters. The molecule has 2 aliphatic heterocycles. The number of aryl methyl sites for hydroxylation is 1. The number of anilines is 3. The maximum atomic E-state index is 13.2. The number of urea groups is 1. The summed E-state index contributed by atoms with van der Waals surface area (Å²) in [6, 6.07) is 5.04. The Morgan fingerprint density at radius 2 is 2.24 bits per heavy atom. The highest BCUT2D eigenvalue weighted by atomic mass is 16.5. The number of nitriles is 1. The Labute approximate surface area is 220 Å². The summed E-state index contributed by atoms with van der Waals surface area (Å²) >= 11 is 0. The molecule has 0 saturated carbocycles. The topological polar surface area (TPSA) is 159 Å². The number of pyridine rings is 2. The van der Waals surface area contributed by atoms with Crippen LogP contribution >= 0.6 is 0 Å². The van der Waals surface area contributed by atoms with Gasteiger partial charge in [-0.15, -0.1) is 0 Å². The fraction of sp³-hybridized carbons (Fsp3) is 0.462. The van der Waals surface area contributed by atoms with Gasteiger partial charge in [0.15, 0.2) is 6.29 Å². The van der Waals surface area contributed by atoms with Crippen molar-refractivity contribution >= 4 is 35.5 Å². The lowest BCUT2D eigenvalue weighted by atomic mass is 10.0. The van der Waals surface area contributed by atoms with Crippen LogP contribution in [0.4, 0.5) is 22.1 Å². The Morgan fingerprint density at radius 3 is 2.97 bits per heavy atom. The zero-order chi connectivity index (χ0) is 26.9. The number of aromatic nitrogens is 2. The highest BCUT2D eigenvalue weighted by Gasteiger charge is 2.27. The SMILES string of the molecule is COCCNc1cc(NC(=O)N2CCCc3cc(CNC(=O)C[C@H]4CCOC4)c(C=O)nc32)ncc1C#N. The smallest absolute Gasteiger partial charge is 0.328 e. The van der Waals surface area contributed by atoms with Crippen molar-refractivity contribution in [3.05, 3.63) is 40.7 Å². The van der Waals surface area contributed by atoms with E-state index < -0.39 is 6.03 Å². The number of nitrogens with zero attached hydrogens (tertiary/aromatic N) is 4. The summed E-state index contributed by atoms with van der Waals surface area (Å²) in [5.41, 5.74) is 2.48. The molecule has 12 heteroatoms. The van der Waals surface area contributed by atoms with Gasteiger partial charge < -0.3 is 20.1 Å². The average molecular weight is 522 g/mol. The predicted molar refractivity (Wildman–Crippen MR) is 139 cm³/mol. The van der Waals surface area contributed by atoms with Gasteiger partial charge in [-0.3, -0.25) is 19.8 Å². The summed E-state index contributed by atoms with van der Waals surface area (Å²) in [7, 11) is 1.58. The maximum absolute atomic E-state index is 13.2. The molecule has 38 heavy (non-hydrogen) atoms. The number of methoxy groups -OCH3 is 1. The van der Waals surface area contributed by atoms with Gasteiger partial charge in [0, 0.05) is 64.2 Å². The standard InChI is InChI=1S/C26H31N7O5/c1-37-8-5-28-21-11-23(29-14-20(21)12-27)32-26(36)33-6-2-3-18-10-19(22(15-34)31-25(18)33)13-30-24(35)9-17-4-7-38-16-17/h10-11,14-15,17H,2-9,13,16H2,1H3,(H,30,35)(H2,28,29,32,36)/t17-/m1/s1. The second-order valence-corrected chi connectivity index (χ2v) is 9.18.